The summed E-state index contributed by atoms with van der Waals surface area (Å²) in [4.78, 5) is 12.1. The lowest BCUT2D eigenvalue weighted by molar-refractivity contribution is 0.217. The molecule has 0 saturated carbocycles. The van der Waals surface area contributed by atoms with Crippen molar-refractivity contribution in [3.63, 3.8) is 0 Å². The van der Waals surface area contributed by atoms with Crippen molar-refractivity contribution >= 4 is 11.7 Å². The van der Waals surface area contributed by atoms with E-state index in [0.29, 0.717) is 5.69 Å². The van der Waals surface area contributed by atoms with Gasteiger partial charge in [0.05, 0.1) is 18.8 Å². The number of ether oxygens (including phenoxy) is 1. The highest BCUT2D eigenvalue weighted by atomic mass is 16.5. The lowest BCUT2D eigenvalue weighted by atomic mass is 10.1. The number of nitrogens with one attached hydrogen (secondary N) is 2. The lowest BCUT2D eigenvalue weighted by Crippen LogP contribution is -2.34. The van der Waals surface area contributed by atoms with Crippen LogP contribution in [-0.4, -0.2) is 23.8 Å². The topological polar surface area (TPSA) is 70.6 Å². The number of amides is 2. The number of aliphatic hydroxyl groups excluding tert-OH is 1. The van der Waals surface area contributed by atoms with Crippen molar-refractivity contribution in [2.75, 3.05) is 11.9 Å². The van der Waals surface area contributed by atoms with Crippen LogP contribution in [0.1, 0.15) is 31.9 Å². The molecule has 0 saturated heterocycles. The van der Waals surface area contributed by atoms with Crippen LogP contribution in [0, 0.1) is 0 Å². The fourth-order valence-corrected chi connectivity index (χ4v) is 2.18. The Hall–Kier alpha value is -2.53. The van der Waals surface area contributed by atoms with Crippen LogP contribution >= 0.6 is 0 Å². The number of rotatable bonds is 7. The maximum absolute atomic E-state index is 12.1. The number of hydrogen-bond donors (Lipinski definition) is 3. The molecule has 0 bridgehead atoms. The summed E-state index contributed by atoms with van der Waals surface area (Å²) in [6.45, 7) is 3.91. The number of benzene rings is 2. The predicted molar refractivity (Wildman–Crippen MR) is 95.2 cm³/mol. The Bertz CT molecular complexity index is 629. The third-order valence-corrected chi connectivity index (χ3v) is 3.71. The standard InChI is InChI=1S/C19H24N2O3/c1-3-14(2)24-17-11-9-16(10-12-17)20-19(23)21-18(13-22)15-7-5-4-6-8-15/h4-12,14,18,22H,3,13H2,1-2H3,(H2,20,21,23)/t14?,18-/m1/s1. The summed E-state index contributed by atoms with van der Waals surface area (Å²) in [6, 6.07) is 15.8. The van der Waals surface area contributed by atoms with Crippen LogP contribution < -0.4 is 15.4 Å². The van der Waals surface area contributed by atoms with E-state index in [2.05, 4.69) is 17.6 Å². The van der Waals surface area contributed by atoms with E-state index >= 15 is 0 Å². The normalized spacial score (nSPS) is 13.0. The predicted octanol–water partition coefficient (Wildman–Crippen LogP) is 3.72. The zero-order valence-electron chi connectivity index (χ0n) is 14.0. The quantitative estimate of drug-likeness (QED) is 0.725. The summed E-state index contributed by atoms with van der Waals surface area (Å²) in [5.41, 5.74) is 1.52. The molecule has 0 aliphatic carbocycles. The second-order valence-corrected chi connectivity index (χ2v) is 5.61. The Kier molecular flexibility index (Phi) is 6.63. The molecule has 0 spiro atoms. The first kappa shape index (κ1) is 17.8. The van der Waals surface area contributed by atoms with E-state index in [4.69, 9.17) is 4.74 Å². The molecule has 2 rings (SSSR count). The number of hydrogen-bond acceptors (Lipinski definition) is 3. The lowest BCUT2D eigenvalue weighted by Gasteiger charge is -2.17. The van der Waals surface area contributed by atoms with Gasteiger partial charge in [-0.05, 0) is 43.2 Å². The highest BCUT2D eigenvalue weighted by molar-refractivity contribution is 5.89. The van der Waals surface area contributed by atoms with E-state index in [1.807, 2.05) is 49.4 Å². The Morgan fingerprint density at radius 2 is 1.79 bits per heavy atom. The molecule has 0 aliphatic rings. The van der Waals surface area contributed by atoms with Crippen LogP contribution in [0.3, 0.4) is 0 Å². The summed E-state index contributed by atoms with van der Waals surface area (Å²) >= 11 is 0. The molecule has 24 heavy (non-hydrogen) atoms. The molecule has 0 aliphatic heterocycles. The molecule has 1 unspecified atom stereocenters. The third kappa shape index (κ3) is 5.28. The van der Waals surface area contributed by atoms with E-state index in [0.717, 1.165) is 17.7 Å². The van der Waals surface area contributed by atoms with Gasteiger partial charge in [0.1, 0.15) is 5.75 Å². The van der Waals surface area contributed by atoms with Crippen LogP contribution in [0.5, 0.6) is 5.75 Å². The molecule has 5 heteroatoms. The van der Waals surface area contributed by atoms with Gasteiger partial charge in [-0.15, -0.1) is 0 Å². The third-order valence-electron chi connectivity index (χ3n) is 3.71. The first-order valence-corrected chi connectivity index (χ1v) is 8.12. The summed E-state index contributed by atoms with van der Waals surface area (Å²) < 4.78 is 5.70. The van der Waals surface area contributed by atoms with Crippen molar-refractivity contribution < 1.29 is 14.6 Å². The maximum atomic E-state index is 12.1. The number of anilines is 1. The fraction of sp³-hybridized carbons (Fsp3) is 0.316. The average Bonchev–Trinajstić information content (AvgIpc) is 2.62. The average molecular weight is 328 g/mol. The largest absolute Gasteiger partial charge is 0.491 e. The summed E-state index contributed by atoms with van der Waals surface area (Å²) in [7, 11) is 0. The minimum atomic E-state index is -0.445. The SMILES string of the molecule is CCC(C)Oc1ccc(NC(=O)N[C@H](CO)c2ccccc2)cc1. The van der Waals surface area contributed by atoms with E-state index < -0.39 is 6.04 Å². The summed E-state index contributed by atoms with van der Waals surface area (Å²) in [5.74, 6) is 0.771. The maximum Gasteiger partial charge on any atom is 0.319 e. The van der Waals surface area contributed by atoms with Gasteiger partial charge in [-0.2, -0.15) is 0 Å². The Balaban J connectivity index is 1.92. The van der Waals surface area contributed by atoms with Gasteiger partial charge in [-0.1, -0.05) is 37.3 Å². The first-order chi connectivity index (χ1) is 11.6. The molecular formula is C19H24N2O3. The van der Waals surface area contributed by atoms with Crippen LogP contribution in [0.25, 0.3) is 0 Å². The zero-order chi connectivity index (χ0) is 17.4. The second-order valence-electron chi connectivity index (χ2n) is 5.61. The highest BCUT2D eigenvalue weighted by Gasteiger charge is 2.13. The minimum Gasteiger partial charge on any atom is -0.491 e. The Labute approximate surface area is 142 Å². The molecule has 128 valence electrons. The zero-order valence-corrected chi connectivity index (χ0v) is 14.0. The van der Waals surface area contributed by atoms with E-state index in [1.165, 1.54) is 0 Å². The van der Waals surface area contributed by atoms with E-state index in [-0.39, 0.29) is 18.7 Å². The van der Waals surface area contributed by atoms with Crippen LogP contribution in [0.2, 0.25) is 0 Å². The van der Waals surface area contributed by atoms with Crippen molar-refractivity contribution in [3.05, 3.63) is 60.2 Å². The van der Waals surface area contributed by atoms with Gasteiger partial charge in [-0.25, -0.2) is 4.79 Å². The van der Waals surface area contributed by atoms with Gasteiger partial charge in [0.2, 0.25) is 0 Å². The minimum absolute atomic E-state index is 0.156. The number of aliphatic hydroxyl groups is 1. The molecule has 0 radical (unpaired) electrons. The molecule has 0 heterocycles. The van der Waals surface area contributed by atoms with Gasteiger partial charge in [-0.3, -0.25) is 0 Å². The Morgan fingerprint density at radius 1 is 1.12 bits per heavy atom. The molecule has 2 aromatic rings. The number of carbonyl (C=O) groups is 1. The van der Waals surface area contributed by atoms with Gasteiger partial charge in [0.15, 0.2) is 0 Å². The van der Waals surface area contributed by atoms with Crippen LogP contribution in [0.15, 0.2) is 54.6 Å². The fourth-order valence-electron chi connectivity index (χ4n) is 2.18. The van der Waals surface area contributed by atoms with Crippen LogP contribution in [-0.2, 0) is 0 Å². The van der Waals surface area contributed by atoms with Crippen molar-refractivity contribution in [1.82, 2.24) is 5.32 Å². The van der Waals surface area contributed by atoms with Crippen LogP contribution in [0.4, 0.5) is 10.5 Å². The number of carbonyl (C=O) groups excluding carboxylic acids is 1. The van der Waals surface area contributed by atoms with Crippen molar-refractivity contribution in [1.29, 1.82) is 0 Å². The summed E-state index contributed by atoms with van der Waals surface area (Å²) in [6.07, 6.45) is 1.09. The van der Waals surface area contributed by atoms with E-state index in [1.54, 1.807) is 12.1 Å². The van der Waals surface area contributed by atoms with Crippen molar-refractivity contribution in [2.24, 2.45) is 0 Å². The van der Waals surface area contributed by atoms with E-state index in [9.17, 15) is 9.90 Å². The molecule has 2 amide bonds. The van der Waals surface area contributed by atoms with Gasteiger partial charge in [0.25, 0.3) is 0 Å². The molecular weight excluding hydrogens is 304 g/mol. The highest BCUT2D eigenvalue weighted by Crippen LogP contribution is 2.18. The first-order valence-electron chi connectivity index (χ1n) is 8.12. The smallest absolute Gasteiger partial charge is 0.319 e. The van der Waals surface area contributed by atoms with Gasteiger partial charge in [0, 0.05) is 5.69 Å². The monoisotopic (exact) mass is 328 g/mol. The van der Waals surface area contributed by atoms with Gasteiger partial charge < -0.3 is 20.5 Å². The molecule has 5 nitrogen and oxygen atoms in total. The second kappa shape index (κ2) is 8.93. The summed E-state index contributed by atoms with van der Waals surface area (Å²) in [5, 5.41) is 15.0. The van der Waals surface area contributed by atoms with Crippen molar-refractivity contribution in [2.45, 2.75) is 32.4 Å². The molecule has 3 N–H and O–H groups in total. The molecule has 2 aromatic carbocycles. The number of urea groups is 1. The van der Waals surface area contributed by atoms with Gasteiger partial charge >= 0.3 is 6.03 Å². The molecule has 0 aromatic heterocycles. The molecule has 2 atom stereocenters. The Morgan fingerprint density at radius 3 is 2.38 bits per heavy atom. The van der Waals surface area contributed by atoms with Crippen molar-refractivity contribution in [3.8, 4) is 5.75 Å². The molecule has 0 fully saturated rings.